The predicted octanol–water partition coefficient (Wildman–Crippen LogP) is 1.35. The summed E-state index contributed by atoms with van der Waals surface area (Å²) in [4.78, 5) is 24.0. The molecule has 2 N–H and O–H groups in total. The van der Waals surface area contributed by atoms with E-state index in [4.69, 9.17) is 10.00 Å². The Kier molecular flexibility index (Phi) is 5.53. The Morgan fingerprint density at radius 2 is 2.36 bits per heavy atom. The number of ether oxygens (including phenoxy) is 1. The van der Waals surface area contributed by atoms with Crippen molar-refractivity contribution in [1.29, 1.82) is 5.26 Å². The number of amides is 1. The molecular formula is C16H17N5O3S. The molecule has 1 amide bonds. The smallest absolute Gasteiger partial charge is 0.344 e. The van der Waals surface area contributed by atoms with Gasteiger partial charge in [0, 0.05) is 6.61 Å². The molecule has 3 rings (SSSR count). The average molecular weight is 359 g/mol. The molecule has 0 radical (unpaired) electrons. The lowest BCUT2D eigenvalue weighted by Crippen LogP contribution is -2.25. The molecule has 9 heteroatoms. The molecule has 2 aromatic rings. The zero-order chi connectivity index (χ0) is 17.6. The fourth-order valence-corrected chi connectivity index (χ4v) is 3.33. The van der Waals surface area contributed by atoms with Gasteiger partial charge in [0.2, 0.25) is 5.91 Å². The maximum absolute atomic E-state index is 12.1. The number of rotatable bonds is 6. The van der Waals surface area contributed by atoms with Crippen molar-refractivity contribution in [3.8, 4) is 6.07 Å². The summed E-state index contributed by atoms with van der Waals surface area (Å²) in [7, 11) is 0. The number of hydrogen-bond donors (Lipinski definition) is 2. The number of carbonyl (C=O) groups excluding carboxylic acids is 1. The minimum absolute atomic E-state index is 0.00554. The van der Waals surface area contributed by atoms with Crippen molar-refractivity contribution in [3.63, 3.8) is 0 Å². The summed E-state index contributed by atoms with van der Waals surface area (Å²) in [5.74, 6) is -0.193. The Bertz CT molecular complexity index is 848. The molecule has 1 atom stereocenters. The van der Waals surface area contributed by atoms with E-state index in [2.05, 4.69) is 15.5 Å². The first-order valence-electron chi connectivity index (χ1n) is 7.86. The number of para-hydroxylation sites is 1. The molecule has 1 fully saturated rings. The van der Waals surface area contributed by atoms with Gasteiger partial charge in [0.05, 0.1) is 29.7 Å². The molecule has 1 aliphatic rings. The van der Waals surface area contributed by atoms with Gasteiger partial charge in [-0.05, 0) is 25.0 Å². The molecule has 1 saturated heterocycles. The average Bonchev–Trinajstić information content (AvgIpc) is 3.25. The van der Waals surface area contributed by atoms with Gasteiger partial charge in [0.15, 0.2) is 5.16 Å². The van der Waals surface area contributed by atoms with Gasteiger partial charge in [0.1, 0.15) is 6.07 Å². The molecule has 0 unspecified atom stereocenters. The van der Waals surface area contributed by atoms with E-state index >= 15 is 0 Å². The van der Waals surface area contributed by atoms with E-state index in [1.807, 2.05) is 6.07 Å². The number of nitriles is 1. The third-order valence-corrected chi connectivity index (χ3v) is 4.76. The van der Waals surface area contributed by atoms with Crippen LogP contribution < -0.4 is 11.0 Å². The monoisotopic (exact) mass is 359 g/mol. The number of carbonyl (C=O) groups is 1. The van der Waals surface area contributed by atoms with E-state index < -0.39 is 0 Å². The van der Waals surface area contributed by atoms with Crippen LogP contribution in [0.1, 0.15) is 18.4 Å². The van der Waals surface area contributed by atoms with Crippen molar-refractivity contribution in [1.82, 2.24) is 14.8 Å². The number of aromatic amines is 1. The highest BCUT2D eigenvalue weighted by atomic mass is 32.2. The highest BCUT2D eigenvalue weighted by Gasteiger charge is 2.20. The van der Waals surface area contributed by atoms with Crippen molar-refractivity contribution in [3.05, 3.63) is 40.3 Å². The molecule has 0 bridgehead atoms. The topological polar surface area (TPSA) is 113 Å². The number of thioether (sulfide) groups is 1. The lowest BCUT2D eigenvalue weighted by atomic mass is 10.2. The van der Waals surface area contributed by atoms with Crippen LogP contribution in [0.25, 0.3) is 0 Å². The van der Waals surface area contributed by atoms with Gasteiger partial charge in [-0.25, -0.2) is 9.89 Å². The van der Waals surface area contributed by atoms with Crippen molar-refractivity contribution in [2.24, 2.45) is 0 Å². The second kappa shape index (κ2) is 8.00. The minimum Gasteiger partial charge on any atom is -0.376 e. The molecule has 0 saturated carbocycles. The number of aromatic nitrogens is 3. The van der Waals surface area contributed by atoms with Crippen molar-refractivity contribution < 1.29 is 9.53 Å². The number of H-pyrrole nitrogens is 1. The predicted molar refractivity (Wildman–Crippen MR) is 92.3 cm³/mol. The number of hydrogen-bond acceptors (Lipinski definition) is 6. The zero-order valence-electron chi connectivity index (χ0n) is 13.4. The van der Waals surface area contributed by atoms with Crippen LogP contribution in [0.3, 0.4) is 0 Å². The van der Waals surface area contributed by atoms with E-state index in [9.17, 15) is 9.59 Å². The fourth-order valence-electron chi connectivity index (χ4n) is 2.57. The van der Waals surface area contributed by atoms with Gasteiger partial charge >= 0.3 is 5.69 Å². The summed E-state index contributed by atoms with van der Waals surface area (Å²) in [6.45, 7) is 1.14. The Hall–Kier alpha value is -2.57. The lowest BCUT2D eigenvalue weighted by molar-refractivity contribution is -0.113. The number of nitrogens with zero attached hydrogens (tertiary/aromatic N) is 3. The van der Waals surface area contributed by atoms with Crippen LogP contribution in [0.15, 0.2) is 34.2 Å². The summed E-state index contributed by atoms with van der Waals surface area (Å²) >= 11 is 1.16. The Morgan fingerprint density at radius 3 is 3.12 bits per heavy atom. The Balaban J connectivity index is 1.61. The van der Waals surface area contributed by atoms with Crippen LogP contribution in [-0.4, -0.2) is 39.1 Å². The van der Waals surface area contributed by atoms with E-state index in [-0.39, 0.29) is 23.5 Å². The van der Waals surface area contributed by atoms with Gasteiger partial charge in [-0.2, -0.15) is 5.26 Å². The third kappa shape index (κ3) is 4.29. The molecule has 25 heavy (non-hydrogen) atoms. The third-order valence-electron chi connectivity index (χ3n) is 3.79. The quantitative estimate of drug-likeness (QED) is 0.753. The Labute approximate surface area is 148 Å². The fraction of sp³-hybridized carbons (Fsp3) is 0.375. The van der Waals surface area contributed by atoms with Crippen molar-refractivity contribution in [2.45, 2.75) is 30.6 Å². The normalized spacial score (nSPS) is 16.5. The summed E-state index contributed by atoms with van der Waals surface area (Å²) < 4.78 is 7.04. The molecule has 8 nitrogen and oxygen atoms in total. The molecule has 0 aliphatic carbocycles. The molecule has 2 heterocycles. The highest BCUT2D eigenvalue weighted by Crippen LogP contribution is 2.19. The first kappa shape index (κ1) is 17.3. The first-order chi connectivity index (χ1) is 12.2. The Morgan fingerprint density at radius 1 is 1.52 bits per heavy atom. The first-order valence-corrected chi connectivity index (χ1v) is 8.84. The SMILES string of the molecule is N#Cc1ccccc1NC(=O)CSc1n[nH]c(=O)n1C[C@H]1CCCO1. The van der Waals surface area contributed by atoms with Crippen LogP contribution in [0.5, 0.6) is 0 Å². The van der Waals surface area contributed by atoms with Crippen molar-refractivity contribution >= 4 is 23.4 Å². The van der Waals surface area contributed by atoms with Gasteiger partial charge in [-0.15, -0.1) is 5.10 Å². The van der Waals surface area contributed by atoms with Crippen LogP contribution in [0, 0.1) is 11.3 Å². The van der Waals surface area contributed by atoms with E-state index in [0.29, 0.717) is 29.6 Å². The number of anilines is 1. The highest BCUT2D eigenvalue weighted by molar-refractivity contribution is 7.99. The van der Waals surface area contributed by atoms with E-state index in [0.717, 1.165) is 24.6 Å². The van der Waals surface area contributed by atoms with Gasteiger partial charge < -0.3 is 10.1 Å². The largest absolute Gasteiger partial charge is 0.376 e. The molecule has 1 aliphatic heterocycles. The molecular weight excluding hydrogens is 342 g/mol. The van der Waals surface area contributed by atoms with Crippen LogP contribution >= 0.6 is 11.8 Å². The van der Waals surface area contributed by atoms with Crippen molar-refractivity contribution in [2.75, 3.05) is 17.7 Å². The summed E-state index contributed by atoms with van der Waals surface area (Å²) in [5, 5.41) is 18.6. The lowest BCUT2D eigenvalue weighted by Gasteiger charge is -2.11. The zero-order valence-corrected chi connectivity index (χ0v) is 14.2. The number of nitrogens with one attached hydrogen (secondary N) is 2. The molecule has 1 aromatic carbocycles. The summed E-state index contributed by atoms with van der Waals surface area (Å²) in [5.41, 5.74) is 0.554. The minimum atomic E-state index is -0.312. The van der Waals surface area contributed by atoms with Crippen LogP contribution in [0.4, 0.5) is 5.69 Å². The van der Waals surface area contributed by atoms with Gasteiger partial charge in [-0.3, -0.25) is 9.36 Å². The molecule has 0 spiro atoms. The van der Waals surface area contributed by atoms with E-state index in [1.54, 1.807) is 24.3 Å². The van der Waals surface area contributed by atoms with Crippen LogP contribution in [-0.2, 0) is 16.1 Å². The van der Waals surface area contributed by atoms with Crippen LogP contribution in [0.2, 0.25) is 0 Å². The second-order valence-corrected chi connectivity index (χ2v) is 6.49. The second-order valence-electron chi connectivity index (χ2n) is 5.55. The standard InChI is InChI=1S/C16H17N5O3S/c17-8-11-4-1-2-6-13(11)18-14(22)10-25-16-20-19-15(23)21(16)9-12-5-3-7-24-12/h1-2,4,6,12H,3,5,7,9-10H2,(H,18,22)(H,19,23)/t12-/m1/s1. The molecule has 130 valence electrons. The summed E-state index contributed by atoms with van der Waals surface area (Å²) in [6, 6.07) is 8.81. The maximum Gasteiger partial charge on any atom is 0.344 e. The van der Waals surface area contributed by atoms with Gasteiger partial charge in [0.25, 0.3) is 0 Å². The van der Waals surface area contributed by atoms with E-state index in [1.165, 1.54) is 4.57 Å². The molecule has 1 aromatic heterocycles. The van der Waals surface area contributed by atoms with Gasteiger partial charge in [-0.1, -0.05) is 23.9 Å². The maximum atomic E-state index is 12.1. The summed E-state index contributed by atoms with van der Waals surface area (Å²) in [6.07, 6.45) is 1.90. The number of benzene rings is 1.